The molecule has 1 aliphatic carbocycles. The van der Waals surface area contributed by atoms with E-state index >= 15 is 0 Å². The molecule has 1 saturated heterocycles. The monoisotopic (exact) mass is 281 g/mol. The van der Waals surface area contributed by atoms with E-state index in [9.17, 15) is 14.7 Å². The summed E-state index contributed by atoms with van der Waals surface area (Å²) in [7, 11) is 0. The largest absolute Gasteiger partial charge is 0.479 e. The number of carbonyl (C=O) groups excluding carboxylic acids is 1. The SMILES string of the molecule is CCCC1(C(=O)O)CCCN1C(=O)C1CCCC1(C)C. The molecule has 4 nitrogen and oxygen atoms in total. The molecule has 2 rings (SSSR count). The van der Waals surface area contributed by atoms with Crippen LogP contribution >= 0.6 is 0 Å². The molecule has 1 saturated carbocycles. The zero-order valence-corrected chi connectivity index (χ0v) is 12.9. The van der Waals surface area contributed by atoms with Gasteiger partial charge >= 0.3 is 5.97 Å². The number of carboxylic acid groups (broad SMARTS) is 1. The van der Waals surface area contributed by atoms with Crippen molar-refractivity contribution in [2.45, 2.75) is 71.3 Å². The Kier molecular flexibility index (Phi) is 4.12. The first-order chi connectivity index (χ1) is 9.35. The molecule has 20 heavy (non-hydrogen) atoms. The quantitative estimate of drug-likeness (QED) is 0.861. The molecular formula is C16H27NO3. The third-order valence-electron chi connectivity index (χ3n) is 5.37. The average molecular weight is 281 g/mol. The third-order valence-corrected chi connectivity index (χ3v) is 5.37. The van der Waals surface area contributed by atoms with Crippen LogP contribution in [0.4, 0.5) is 0 Å². The summed E-state index contributed by atoms with van der Waals surface area (Å²) in [5.41, 5.74) is -0.930. The molecule has 2 unspecified atom stereocenters. The number of amides is 1. The van der Waals surface area contributed by atoms with Gasteiger partial charge in [-0.3, -0.25) is 4.79 Å². The van der Waals surface area contributed by atoms with Gasteiger partial charge in [-0.05, 0) is 37.5 Å². The molecule has 0 aromatic rings. The molecule has 0 aromatic heterocycles. The summed E-state index contributed by atoms with van der Waals surface area (Å²) in [6.45, 7) is 6.88. The lowest BCUT2D eigenvalue weighted by molar-refractivity contribution is -0.160. The van der Waals surface area contributed by atoms with E-state index < -0.39 is 11.5 Å². The van der Waals surface area contributed by atoms with Crippen molar-refractivity contribution < 1.29 is 14.7 Å². The number of likely N-dealkylation sites (tertiary alicyclic amines) is 1. The zero-order chi connectivity index (χ0) is 15.0. The van der Waals surface area contributed by atoms with Crippen LogP contribution in [0, 0.1) is 11.3 Å². The van der Waals surface area contributed by atoms with E-state index in [1.54, 1.807) is 4.90 Å². The first-order valence-corrected chi connectivity index (χ1v) is 7.90. The van der Waals surface area contributed by atoms with Crippen molar-refractivity contribution in [3.05, 3.63) is 0 Å². The third kappa shape index (κ3) is 2.33. The van der Waals surface area contributed by atoms with Gasteiger partial charge in [0.2, 0.25) is 5.91 Å². The smallest absolute Gasteiger partial charge is 0.329 e. The maximum atomic E-state index is 12.9. The van der Waals surface area contributed by atoms with E-state index in [2.05, 4.69) is 13.8 Å². The molecule has 0 aromatic carbocycles. The predicted molar refractivity (Wildman–Crippen MR) is 77.3 cm³/mol. The van der Waals surface area contributed by atoms with Crippen molar-refractivity contribution in [3.63, 3.8) is 0 Å². The van der Waals surface area contributed by atoms with Crippen LogP contribution in [-0.4, -0.2) is 34.0 Å². The van der Waals surface area contributed by atoms with Gasteiger partial charge in [0.25, 0.3) is 0 Å². The molecule has 1 heterocycles. The van der Waals surface area contributed by atoms with E-state index in [1.165, 1.54) is 0 Å². The van der Waals surface area contributed by atoms with Gasteiger partial charge in [0.15, 0.2) is 0 Å². The Morgan fingerprint density at radius 1 is 1.25 bits per heavy atom. The van der Waals surface area contributed by atoms with Crippen LogP contribution in [0.2, 0.25) is 0 Å². The Morgan fingerprint density at radius 3 is 2.45 bits per heavy atom. The second-order valence-corrected chi connectivity index (χ2v) is 7.11. The maximum absolute atomic E-state index is 12.9. The molecule has 4 heteroatoms. The van der Waals surface area contributed by atoms with Gasteiger partial charge in [-0.15, -0.1) is 0 Å². The molecule has 0 radical (unpaired) electrons. The highest BCUT2D eigenvalue weighted by atomic mass is 16.4. The summed E-state index contributed by atoms with van der Waals surface area (Å²) < 4.78 is 0. The molecule has 2 atom stereocenters. The standard InChI is InChI=1S/C16H27NO3/c1-4-8-16(14(19)20)10-6-11-17(16)13(18)12-7-5-9-15(12,2)3/h12H,4-11H2,1-3H3,(H,19,20). The first-order valence-electron chi connectivity index (χ1n) is 7.90. The number of carbonyl (C=O) groups is 2. The fraction of sp³-hybridized carbons (Fsp3) is 0.875. The minimum Gasteiger partial charge on any atom is -0.479 e. The van der Waals surface area contributed by atoms with Crippen molar-refractivity contribution in [1.29, 1.82) is 0 Å². The lowest BCUT2D eigenvalue weighted by Gasteiger charge is -2.38. The van der Waals surface area contributed by atoms with Gasteiger partial charge in [0.05, 0.1) is 0 Å². The predicted octanol–water partition coefficient (Wildman–Crippen LogP) is 3.06. The van der Waals surface area contributed by atoms with Crippen molar-refractivity contribution in [2.24, 2.45) is 11.3 Å². The topological polar surface area (TPSA) is 57.6 Å². The summed E-state index contributed by atoms with van der Waals surface area (Å²) in [5, 5.41) is 9.69. The van der Waals surface area contributed by atoms with E-state index in [-0.39, 0.29) is 17.2 Å². The minimum atomic E-state index is -0.940. The van der Waals surface area contributed by atoms with Crippen LogP contribution in [0.25, 0.3) is 0 Å². The van der Waals surface area contributed by atoms with Crippen molar-refractivity contribution in [1.82, 2.24) is 4.90 Å². The fourth-order valence-electron chi connectivity index (χ4n) is 4.18. The lowest BCUT2D eigenvalue weighted by Crippen LogP contribution is -2.55. The van der Waals surface area contributed by atoms with Crippen molar-refractivity contribution in [2.75, 3.05) is 6.54 Å². The second-order valence-electron chi connectivity index (χ2n) is 7.11. The average Bonchev–Trinajstić information content (AvgIpc) is 2.93. The summed E-state index contributed by atoms with van der Waals surface area (Å²) in [6, 6.07) is 0. The summed E-state index contributed by atoms with van der Waals surface area (Å²) in [6.07, 6.45) is 5.83. The second kappa shape index (κ2) is 5.38. The Morgan fingerprint density at radius 2 is 1.95 bits per heavy atom. The van der Waals surface area contributed by atoms with E-state index in [4.69, 9.17) is 0 Å². The number of rotatable bonds is 4. The first kappa shape index (κ1) is 15.3. The molecule has 1 amide bonds. The maximum Gasteiger partial charge on any atom is 0.329 e. The van der Waals surface area contributed by atoms with E-state index in [1.807, 2.05) is 6.92 Å². The molecule has 1 N–H and O–H groups in total. The van der Waals surface area contributed by atoms with Gasteiger partial charge in [-0.2, -0.15) is 0 Å². The summed E-state index contributed by atoms with van der Waals surface area (Å²) >= 11 is 0. The van der Waals surface area contributed by atoms with Gasteiger partial charge in [0.1, 0.15) is 5.54 Å². The number of aliphatic carboxylic acids is 1. The normalized spacial score (nSPS) is 32.5. The fourth-order valence-corrected chi connectivity index (χ4v) is 4.18. The van der Waals surface area contributed by atoms with Gasteiger partial charge in [-0.25, -0.2) is 4.79 Å². The van der Waals surface area contributed by atoms with Crippen LogP contribution in [-0.2, 0) is 9.59 Å². The van der Waals surface area contributed by atoms with Gasteiger partial charge in [0, 0.05) is 12.5 Å². The molecular weight excluding hydrogens is 254 g/mol. The lowest BCUT2D eigenvalue weighted by atomic mass is 9.80. The number of nitrogens with zero attached hydrogens (tertiary/aromatic N) is 1. The highest BCUT2D eigenvalue weighted by Crippen LogP contribution is 2.46. The Balaban J connectivity index is 2.26. The number of hydrogen-bond donors (Lipinski definition) is 1. The van der Waals surface area contributed by atoms with E-state index in [0.717, 1.165) is 32.1 Å². The molecule has 0 spiro atoms. The molecule has 2 aliphatic rings. The van der Waals surface area contributed by atoms with E-state index in [0.29, 0.717) is 19.4 Å². The Bertz CT molecular complexity index is 405. The Hall–Kier alpha value is -1.06. The molecule has 1 aliphatic heterocycles. The minimum absolute atomic E-state index is 0.00354. The van der Waals surface area contributed by atoms with Crippen molar-refractivity contribution >= 4 is 11.9 Å². The van der Waals surface area contributed by atoms with Crippen LogP contribution in [0.5, 0.6) is 0 Å². The molecule has 2 fully saturated rings. The molecule has 114 valence electrons. The Labute approximate surface area is 121 Å². The number of hydrogen-bond acceptors (Lipinski definition) is 2. The highest BCUT2D eigenvalue weighted by Gasteiger charge is 2.52. The summed E-state index contributed by atoms with van der Waals surface area (Å²) in [5.74, 6) is -0.738. The van der Waals surface area contributed by atoms with Crippen LogP contribution in [0.3, 0.4) is 0 Å². The zero-order valence-electron chi connectivity index (χ0n) is 12.9. The molecule has 0 bridgehead atoms. The summed E-state index contributed by atoms with van der Waals surface area (Å²) in [4.78, 5) is 26.4. The van der Waals surface area contributed by atoms with Gasteiger partial charge < -0.3 is 10.0 Å². The van der Waals surface area contributed by atoms with Crippen LogP contribution < -0.4 is 0 Å². The van der Waals surface area contributed by atoms with Crippen LogP contribution in [0.15, 0.2) is 0 Å². The number of carboxylic acids is 1. The van der Waals surface area contributed by atoms with Crippen molar-refractivity contribution in [3.8, 4) is 0 Å². The highest BCUT2D eigenvalue weighted by molar-refractivity contribution is 5.89. The van der Waals surface area contributed by atoms with Crippen LogP contribution in [0.1, 0.15) is 65.7 Å². The van der Waals surface area contributed by atoms with Gasteiger partial charge in [-0.1, -0.05) is 33.6 Å².